The minimum Gasteiger partial charge on any atom is -0.481 e. The number of likely N-dealkylation sites (tertiary alicyclic amines) is 1. The molecule has 1 atom stereocenters. The Labute approximate surface area is 124 Å². The van der Waals surface area contributed by atoms with Crippen molar-refractivity contribution in [1.82, 2.24) is 19.8 Å². The van der Waals surface area contributed by atoms with Crippen LogP contribution < -0.4 is 0 Å². The minimum absolute atomic E-state index is 0.148. The number of aliphatic carboxylic acids is 1. The molecule has 0 radical (unpaired) electrons. The molecule has 7 heteroatoms. The fraction of sp³-hybridized carbons (Fsp3) is 0.643. The van der Waals surface area contributed by atoms with Gasteiger partial charge >= 0.3 is 12.0 Å². The average Bonchev–Trinajstić information content (AvgIpc) is 2.99. The number of nitrogens with zero attached hydrogens (tertiary/aromatic N) is 3. The van der Waals surface area contributed by atoms with Crippen molar-refractivity contribution in [2.24, 2.45) is 5.41 Å². The number of carboxylic acid groups (broad SMARTS) is 1. The van der Waals surface area contributed by atoms with Crippen molar-refractivity contribution >= 4 is 12.0 Å². The van der Waals surface area contributed by atoms with E-state index in [0.717, 1.165) is 6.42 Å². The lowest BCUT2D eigenvalue weighted by atomic mass is 9.78. The van der Waals surface area contributed by atoms with Crippen molar-refractivity contribution in [3.63, 3.8) is 0 Å². The van der Waals surface area contributed by atoms with E-state index >= 15 is 0 Å². The van der Waals surface area contributed by atoms with Gasteiger partial charge in [-0.1, -0.05) is 6.92 Å². The number of hydrogen-bond acceptors (Lipinski definition) is 3. The van der Waals surface area contributed by atoms with Crippen LogP contribution in [0.1, 0.15) is 32.0 Å². The summed E-state index contributed by atoms with van der Waals surface area (Å²) in [5.74, 6) is -0.0981. The first-order chi connectivity index (χ1) is 9.98. The molecule has 0 saturated carbocycles. The summed E-state index contributed by atoms with van der Waals surface area (Å²) in [5.41, 5.74) is -0.806. The molecule has 1 fully saturated rings. The summed E-state index contributed by atoms with van der Waals surface area (Å²) in [7, 11) is 1.70. The maximum Gasteiger partial charge on any atom is 0.320 e. The van der Waals surface area contributed by atoms with Gasteiger partial charge in [0.05, 0.1) is 12.0 Å². The molecule has 116 valence electrons. The van der Waals surface area contributed by atoms with Crippen molar-refractivity contribution in [3.8, 4) is 0 Å². The Hall–Kier alpha value is -2.05. The molecule has 1 unspecified atom stereocenters. The molecule has 2 N–H and O–H groups in total. The van der Waals surface area contributed by atoms with E-state index in [1.165, 1.54) is 0 Å². The van der Waals surface area contributed by atoms with Gasteiger partial charge in [-0.15, -0.1) is 0 Å². The van der Waals surface area contributed by atoms with Gasteiger partial charge in [-0.25, -0.2) is 9.78 Å². The smallest absolute Gasteiger partial charge is 0.320 e. The summed E-state index contributed by atoms with van der Waals surface area (Å²) < 4.78 is 0. The summed E-state index contributed by atoms with van der Waals surface area (Å²) >= 11 is 0. The summed E-state index contributed by atoms with van der Waals surface area (Å²) in [4.78, 5) is 34.3. The third kappa shape index (κ3) is 3.17. The van der Waals surface area contributed by atoms with Crippen LogP contribution in [0.15, 0.2) is 12.4 Å². The van der Waals surface area contributed by atoms with E-state index < -0.39 is 11.4 Å². The zero-order chi connectivity index (χ0) is 15.5. The van der Waals surface area contributed by atoms with Crippen LogP contribution in [0.2, 0.25) is 0 Å². The highest BCUT2D eigenvalue weighted by molar-refractivity contribution is 5.78. The lowest BCUT2D eigenvalue weighted by Crippen LogP contribution is -2.52. The fourth-order valence-corrected chi connectivity index (χ4v) is 2.83. The molecule has 1 aromatic rings. The zero-order valence-corrected chi connectivity index (χ0v) is 12.5. The van der Waals surface area contributed by atoms with Gasteiger partial charge in [0.1, 0.15) is 5.82 Å². The standard InChI is InChI=1S/C14H22N4O3/c1-3-14(12(19)20)5-4-8-18(10-14)13(21)17(2)9-11-15-6-7-16-11/h6-7H,3-5,8-10H2,1-2H3,(H,15,16)(H,19,20). The second-order valence-corrected chi connectivity index (χ2v) is 5.64. The first kappa shape index (κ1) is 15.3. The van der Waals surface area contributed by atoms with Crippen molar-refractivity contribution in [3.05, 3.63) is 18.2 Å². The molecule has 0 spiro atoms. The molecular weight excluding hydrogens is 272 g/mol. The molecular formula is C14H22N4O3. The SMILES string of the molecule is CCC1(C(=O)O)CCCN(C(=O)N(C)Cc2ncc[nH]2)C1. The Balaban J connectivity index is 2.03. The molecule has 2 rings (SSSR count). The van der Waals surface area contributed by atoms with Crippen molar-refractivity contribution < 1.29 is 14.7 Å². The maximum atomic E-state index is 12.5. The van der Waals surface area contributed by atoms with Crippen LogP contribution in [-0.2, 0) is 11.3 Å². The molecule has 0 aliphatic carbocycles. The van der Waals surface area contributed by atoms with E-state index in [1.807, 2.05) is 6.92 Å². The molecule has 2 heterocycles. The normalized spacial score (nSPS) is 22.1. The molecule has 1 aliphatic heterocycles. The molecule has 7 nitrogen and oxygen atoms in total. The second kappa shape index (κ2) is 6.15. The van der Waals surface area contributed by atoms with Gasteiger partial charge in [-0.3, -0.25) is 4.79 Å². The molecule has 1 aromatic heterocycles. The van der Waals surface area contributed by atoms with Gasteiger partial charge in [0, 0.05) is 32.5 Å². The number of hydrogen-bond donors (Lipinski definition) is 2. The number of carbonyl (C=O) groups excluding carboxylic acids is 1. The van der Waals surface area contributed by atoms with Gasteiger partial charge in [-0.2, -0.15) is 0 Å². The Morgan fingerprint density at radius 2 is 2.33 bits per heavy atom. The van der Waals surface area contributed by atoms with E-state index in [-0.39, 0.29) is 12.6 Å². The van der Waals surface area contributed by atoms with Crippen molar-refractivity contribution in [2.45, 2.75) is 32.7 Å². The number of carbonyl (C=O) groups is 2. The summed E-state index contributed by atoms with van der Waals surface area (Å²) in [6, 6.07) is -0.148. The van der Waals surface area contributed by atoms with E-state index in [4.69, 9.17) is 0 Å². The van der Waals surface area contributed by atoms with E-state index in [0.29, 0.717) is 31.8 Å². The maximum absolute atomic E-state index is 12.5. The zero-order valence-electron chi connectivity index (χ0n) is 12.5. The highest BCUT2D eigenvalue weighted by atomic mass is 16.4. The highest BCUT2D eigenvalue weighted by Crippen LogP contribution is 2.34. The van der Waals surface area contributed by atoms with Crippen LogP contribution in [0.3, 0.4) is 0 Å². The molecule has 21 heavy (non-hydrogen) atoms. The number of nitrogens with one attached hydrogen (secondary N) is 1. The predicted molar refractivity (Wildman–Crippen MR) is 76.6 cm³/mol. The topological polar surface area (TPSA) is 89.5 Å². The van der Waals surface area contributed by atoms with E-state index in [1.54, 1.807) is 29.2 Å². The summed E-state index contributed by atoms with van der Waals surface area (Å²) in [6.07, 6.45) is 5.24. The van der Waals surface area contributed by atoms with E-state index in [2.05, 4.69) is 9.97 Å². The van der Waals surface area contributed by atoms with Crippen LogP contribution >= 0.6 is 0 Å². The van der Waals surface area contributed by atoms with Gasteiger partial charge in [0.15, 0.2) is 0 Å². The van der Waals surface area contributed by atoms with Crippen LogP contribution in [0.5, 0.6) is 0 Å². The molecule has 2 amide bonds. The number of H-pyrrole nitrogens is 1. The number of aromatic amines is 1. The van der Waals surface area contributed by atoms with Gasteiger partial charge in [0.2, 0.25) is 0 Å². The monoisotopic (exact) mass is 294 g/mol. The first-order valence-corrected chi connectivity index (χ1v) is 7.20. The van der Waals surface area contributed by atoms with Crippen LogP contribution in [0.25, 0.3) is 0 Å². The number of aromatic nitrogens is 2. The minimum atomic E-state index is -0.809. The molecule has 0 aromatic carbocycles. The molecule has 1 aliphatic rings. The third-order valence-electron chi connectivity index (χ3n) is 4.25. The lowest BCUT2D eigenvalue weighted by Gasteiger charge is -2.40. The number of amides is 2. The third-order valence-corrected chi connectivity index (χ3v) is 4.25. The number of piperidine rings is 1. The molecule has 0 bridgehead atoms. The number of rotatable bonds is 4. The predicted octanol–water partition coefficient (Wildman–Crippen LogP) is 1.54. The largest absolute Gasteiger partial charge is 0.481 e. The quantitative estimate of drug-likeness (QED) is 0.881. The average molecular weight is 294 g/mol. The highest BCUT2D eigenvalue weighted by Gasteiger charge is 2.42. The Kier molecular flexibility index (Phi) is 4.50. The fourth-order valence-electron chi connectivity index (χ4n) is 2.83. The van der Waals surface area contributed by atoms with Crippen LogP contribution in [0.4, 0.5) is 4.79 Å². The Morgan fingerprint density at radius 1 is 1.57 bits per heavy atom. The van der Waals surface area contributed by atoms with Crippen LogP contribution in [-0.4, -0.2) is 57.0 Å². The summed E-state index contributed by atoms with van der Waals surface area (Å²) in [6.45, 7) is 3.14. The summed E-state index contributed by atoms with van der Waals surface area (Å²) in [5, 5.41) is 9.47. The lowest BCUT2D eigenvalue weighted by molar-refractivity contribution is -0.152. The number of carboxylic acids is 1. The van der Waals surface area contributed by atoms with Crippen molar-refractivity contribution in [2.75, 3.05) is 20.1 Å². The Bertz CT molecular complexity index is 502. The molecule has 1 saturated heterocycles. The van der Waals surface area contributed by atoms with Crippen molar-refractivity contribution in [1.29, 1.82) is 0 Å². The van der Waals surface area contributed by atoms with Gasteiger partial charge in [0.25, 0.3) is 0 Å². The van der Waals surface area contributed by atoms with Crippen LogP contribution in [0, 0.1) is 5.41 Å². The van der Waals surface area contributed by atoms with Gasteiger partial charge < -0.3 is 19.9 Å². The first-order valence-electron chi connectivity index (χ1n) is 7.20. The number of imidazole rings is 1. The Morgan fingerprint density at radius 3 is 2.90 bits per heavy atom. The van der Waals surface area contributed by atoms with E-state index in [9.17, 15) is 14.7 Å². The second-order valence-electron chi connectivity index (χ2n) is 5.64. The van der Waals surface area contributed by atoms with Gasteiger partial charge in [-0.05, 0) is 19.3 Å². The number of urea groups is 1.